The number of hydrogen-bond acceptors (Lipinski definition) is 5. The summed E-state index contributed by atoms with van der Waals surface area (Å²) in [5.74, 6) is -1.94. The van der Waals surface area contributed by atoms with E-state index in [2.05, 4.69) is 19.2 Å². The van der Waals surface area contributed by atoms with Gasteiger partial charge >= 0.3 is 0 Å². The van der Waals surface area contributed by atoms with Gasteiger partial charge in [0.2, 0.25) is 17.6 Å². The third-order valence-electron chi connectivity index (χ3n) is 9.08. The van der Waals surface area contributed by atoms with Crippen LogP contribution in [0.25, 0.3) is 0 Å². The van der Waals surface area contributed by atoms with Gasteiger partial charge in [0.25, 0.3) is 0 Å². The molecule has 1 N–H and O–H groups in total. The van der Waals surface area contributed by atoms with Crippen LogP contribution in [-0.2, 0) is 24.0 Å². The highest BCUT2D eigenvalue weighted by Crippen LogP contribution is 2.65. The molecule has 1 saturated heterocycles. The highest BCUT2D eigenvalue weighted by molar-refractivity contribution is 6.37. The Morgan fingerprint density at radius 3 is 2.03 bits per heavy atom. The van der Waals surface area contributed by atoms with E-state index in [0.29, 0.717) is 18.9 Å². The smallest absolute Gasteiger partial charge is 0.227 e. The van der Waals surface area contributed by atoms with Gasteiger partial charge in [0.05, 0.1) is 12.0 Å². The number of nitrogens with one attached hydrogen (secondary N) is 1. The molecule has 3 rings (SSSR count). The van der Waals surface area contributed by atoms with Crippen molar-refractivity contribution in [3.63, 3.8) is 0 Å². The molecule has 2 amide bonds. The molecular formula is C30H48N2O5. The molecule has 2 aliphatic carbocycles. The van der Waals surface area contributed by atoms with Crippen LogP contribution in [0.3, 0.4) is 0 Å². The molecule has 1 aliphatic heterocycles. The summed E-state index contributed by atoms with van der Waals surface area (Å²) in [5, 5.41) is 2.96. The van der Waals surface area contributed by atoms with E-state index in [0.717, 1.165) is 19.3 Å². The molecule has 0 radical (unpaired) electrons. The summed E-state index contributed by atoms with van der Waals surface area (Å²) in [5.41, 5.74) is -0.926. The summed E-state index contributed by atoms with van der Waals surface area (Å²) in [4.78, 5) is 67.1. The van der Waals surface area contributed by atoms with Gasteiger partial charge in [-0.05, 0) is 55.8 Å². The summed E-state index contributed by atoms with van der Waals surface area (Å²) in [6, 6.07) is -0.605. The number of carbonyl (C=O) groups excluding carboxylic acids is 5. The Balaban J connectivity index is 1.83. The van der Waals surface area contributed by atoms with Crippen LogP contribution < -0.4 is 5.32 Å². The van der Waals surface area contributed by atoms with Gasteiger partial charge in [-0.1, -0.05) is 53.9 Å². The second-order valence-electron chi connectivity index (χ2n) is 14.6. The number of Topliss-reactive ketones (excluding diaryl/α,β-unsaturated/α-hetero) is 3. The minimum absolute atomic E-state index is 0.00730. The minimum Gasteiger partial charge on any atom is -0.351 e. The molecule has 7 heteroatoms. The number of likely N-dealkylation sites (tertiary alicyclic amines) is 1. The first-order valence-corrected chi connectivity index (χ1v) is 14.0. The van der Waals surface area contributed by atoms with Crippen molar-refractivity contribution in [3.8, 4) is 0 Å². The van der Waals surface area contributed by atoms with E-state index in [1.807, 2.05) is 41.5 Å². The van der Waals surface area contributed by atoms with Gasteiger partial charge < -0.3 is 10.2 Å². The van der Waals surface area contributed by atoms with Crippen LogP contribution in [0, 0.1) is 40.4 Å². The molecule has 2 saturated carbocycles. The van der Waals surface area contributed by atoms with Crippen LogP contribution in [0.4, 0.5) is 0 Å². The van der Waals surface area contributed by atoms with Crippen LogP contribution in [0.1, 0.15) is 101 Å². The van der Waals surface area contributed by atoms with Crippen molar-refractivity contribution in [2.45, 2.75) is 112 Å². The molecule has 37 heavy (non-hydrogen) atoms. The topological polar surface area (TPSA) is 101 Å². The Hall–Kier alpha value is -2.05. The Morgan fingerprint density at radius 2 is 1.57 bits per heavy atom. The van der Waals surface area contributed by atoms with Gasteiger partial charge in [-0.3, -0.25) is 24.0 Å². The van der Waals surface area contributed by atoms with Crippen molar-refractivity contribution in [2.24, 2.45) is 40.4 Å². The van der Waals surface area contributed by atoms with Crippen LogP contribution in [0.2, 0.25) is 0 Å². The minimum atomic E-state index is -0.607. The lowest BCUT2D eigenvalue weighted by molar-refractivity contribution is -0.148. The largest absolute Gasteiger partial charge is 0.351 e. The van der Waals surface area contributed by atoms with Gasteiger partial charge in [-0.2, -0.15) is 0 Å². The van der Waals surface area contributed by atoms with Crippen molar-refractivity contribution in [2.75, 3.05) is 6.54 Å². The summed E-state index contributed by atoms with van der Waals surface area (Å²) >= 11 is 0. The predicted molar refractivity (Wildman–Crippen MR) is 142 cm³/mol. The zero-order valence-electron chi connectivity index (χ0n) is 24.4. The average Bonchev–Trinajstić information content (AvgIpc) is 3.06. The highest BCUT2D eigenvalue weighted by atomic mass is 16.2. The van der Waals surface area contributed by atoms with E-state index >= 15 is 0 Å². The van der Waals surface area contributed by atoms with E-state index in [9.17, 15) is 24.0 Å². The van der Waals surface area contributed by atoms with E-state index in [-0.39, 0.29) is 47.7 Å². The summed E-state index contributed by atoms with van der Waals surface area (Å²) < 4.78 is 0. The maximum Gasteiger partial charge on any atom is 0.227 e. The van der Waals surface area contributed by atoms with Crippen molar-refractivity contribution >= 4 is 29.2 Å². The summed E-state index contributed by atoms with van der Waals surface area (Å²) in [7, 11) is 0. The van der Waals surface area contributed by atoms with Crippen molar-refractivity contribution in [3.05, 3.63) is 0 Å². The second kappa shape index (κ2) is 10.3. The number of fused-ring (bicyclic) bond motifs is 1. The van der Waals surface area contributed by atoms with Gasteiger partial charge in [0.1, 0.15) is 0 Å². The monoisotopic (exact) mass is 516 g/mol. The van der Waals surface area contributed by atoms with Gasteiger partial charge in [0.15, 0.2) is 11.6 Å². The Labute approximate surface area is 222 Å². The Bertz CT molecular complexity index is 950. The third-order valence-corrected chi connectivity index (χ3v) is 9.08. The fourth-order valence-corrected chi connectivity index (χ4v) is 6.57. The molecule has 3 unspecified atom stereocenters. The lowest BCUT2D eigenvalue weighted by atomic mass is 9.75. The molecule has 3 aliphatic rings. The SMILES string of the molecule is CC(=O)C(=O)C(CC(=O)[C@@H]1C2C(CN1C(=O)[C@@H](CC(=O)NC(C)(C)C)C(C)(C)C)C2(C)C)CC1CCC1. The lowest BCUT2D eigenvalue weighted by Gasteiger charge is -2.38. The molecular weight excluding hydrogens is 468 g/mol. The molecule has 0 aromatic carbocycles. The second-order valence-corrected chi connectivity index (χ2v) is 14.6. The van der Waals surface area contributed by atoms with Gasteiger partial charge in [-0.15, -0.1) is 0 Å². The summed E-state index contributed by atoms with van der Waals surface area (Å²) in [6.45, 7) is 17.6. The molecule has 1 heterocycles. The van der Waals surface area contributed by atoms with Crippen LogP contribution in [0.15, 0.2) is 0 Å². The number of amides is 2. The first-order valence-electron chi connectivity index (χ1n) is 14.0. The highest BCUT2D eigenvalue weighted by Gasteiger charge is 2.69. The molecule has 5 atom stereocenters. The fraction of sp³-hybridized carbons (Fsp3) is 0.833. The van der Waals surface area contributed by atoms with Crippen LogP contribution in [0.5, 0.6) is 0 Å². The van der Waals surface area contributed by atoms with Gasteiger partial charge in [-0.25, -0.2) is 0 Å². The number of carbonyl (C=O) groups is 5. The number of ketones is 3. The maximum atomic E-state index is 14.0. The number of rotatable bonds is 10. The fourth-order valence-electron chi connectivity index (χ4n) is 6.57. The normalized spacial score (nSPS) is 26.5. The predicted octanol–water partition coefficient (Wildman–Crippen LogP) is 4.36. The van der Waals surface area contributed by atoms with E-state index in [4.69, 9.17) is 0 Å². The van der Waals surface area contributed by atoms with E-state index in [1.54, 1.807) is 4.90 Å². The first kappa shape index (κ1) is 29.5. The van der Waals surface area contributed by atoms with Crippen molar-refractivity contribution in [1.29, 1.82) is 0 Å². The molecule has 0 aromatic rings. The molecule has 3 fully saturated rings. The summed E-state index contributed by atoms with van der Waals surface area (Å²) in [6.07, 6.45) is 3.83. The molecule has 0 spiro atoms. The number of nitrogens with zero attached hydrogens (tertiary/aromatic N) is 1. The maximum absolute atomic E-state index is 14.0. The molecule has 7 nitrogen and oxygen atoms in total. The zero-order chi connectivity index (χ0) is 28.1. The van der Waals surface area contributed by atoms with Gasteiger partial charge in [0, 0.05) is 37.8 Å². The number of piperidine rings is 1. The average molecular weight is 517 g/mol. The zero-order valence-corrected chi connectivity index (χ0v) is 24.4. The first-order chi connectivity index (χ1) is 16.8. The standard InChI is InChI=1S/C30H48N2O5/c1-17(33)26(36)19(13-18-11-10-12-18)14-22(34)25-24-21(30(24,8)9)16-32(25)27(37)20(28(2,3)4)15-23(35)31-29(5,6)7/h18-21,24-25H,10-16H2,1-9H3,(H,31,35)/t19?,20-,21?,24?,25-/m1/s1. The van der Waals surface area contributed by atoms with Crippen molar-refractivity contribution in [1.82, 2.24) is 10.2 Å². The Kier molecular flexibility index (Phi) is 8.18. The van der Waals surface area contributed by atoms with Crippen LogP contribution in [-0.4, -0.2) is 52.2 Å². The molecule has 208 valence electrons. The van der Waals surface area contributed by atoms with E-state index in [1.165, 1.54) is 6.92 Å². The Morgan fingerprint density at radius 1 is 0.973 bits per heavy atom. The van der Waals surface area contributed by atoms with Crippen molar-refractivity contribution < 1.29 is 24.0 Å². The number of hydrogen-bond donors (Lipinski definition) is 1. The quantitative estimate of drug-likeness (QED) is 0.435. The van der Waals surface area contributed by atoms with E-state index < -0.39 is 40.4 Å². The third kappa shape index (κ3) is 6.51. The molecule has 0 aromatic heterocycles. The molecule has 0 bridgehead atoms. The van der Waals surface area contributed by atoms with Crippen LogP contribution >= 0.6 is 0 Å². The lowest BCUT2D eigenvalue weighted by Crippen LogP contribution is -2.52.